The van der Waals surface area contributed by atoms with Crippen LogP contribution in [0.3, 0.4) is 0 Å². The van der Waals surface area contributed by atoms with E-state index in [0.29, 0.717) is 6.42 Å². The van der Waals surface area contributed by atoms with Crippen molar-refractivity contribution in [2.45, 2.75) is 108 Å². The molecule has 0 fully saturated rings. The van der Waals surface area contributed by atoms with E-state index in [1.54, 1.807) is 12.1 Å². The lowest BCUT2D eigenvalue weighted by Crippen LogP contribution is -2.03. The highest BCUT2D eigenvalue weighted by Gasteiger charge is 2.13. The molecule has 1 rings (SSSR count). The molecular weight excluding hydrogens is 369 g/mol. The van der Waals surface area contributed by atoms with Crippen LogP contribution in [0.15, 0.2) is 29.2 Å². The maximum absolute atomic E-state index is 11.4. The van der Waals surface area contributed by atoms with Crippen LogP contribution < -0.4 is 0 Å². The fraction of sp³-hybridized carbons (Fsp3) is 0.727. The lowest BCUT2D eigenvalue weighted by atomic mass is 10.0. The minimum Gasteiger partial charge on any atom is -0.282 e. The zero-order valence-corrected chi connectivity index (χ0v) is 17.4. The maximum Gasteiger partial charge on any atom is 0.316 e. The number of hydrogen-bond donors (Lipinski definition) is 1. The Bertz CT molecular complexity index is 573. The minimum absolute atomic E-state index is 0. The van der Waals surface area contributed by atoms with Crippen LogP contribution in [0.5, 0.6) is 0 Å². The summed E-state index contributed by atoms with van der Waals surface area (Å²) in [4.78, 5) is 0.0645. The molecule has 0 aliphatic heterocycles. The fourth-order valence-electron chi connectivity index (χ4n) is 3.47. The van der Waals surface area contributed by atoms with Crippen LogP contribution >= 0.6 is 0 Å². The predicted octanol–water partition coefficient (Wildman–Crippen LogP) is 6.04. The Hall–Kier alpha value is -0.104. The van der Waals surface area contributed by atoms with Gasteiger partial charge in [-0.2, -0.15) is 8.42 Å². The van der Waals surface area contributed by atoms with Crippen molar-refractivity contribution >= 4 is 33.2 Å². The third kappa shape index (κ3) is 13.7. The molecule has 27 heavy (non-hydrogen) atoms. The van der Waals surface area contributed by atoms with Gasteiger partial charge >= 0.3 is 23.1 Å². The largest absolute Gasteiger partial charge is 0.316 e. The summed E-state index contributed by atoms with van der Waals surface area (Å²) in [5.41, 5.74) is 0.730. The van der Waals surface area contributed by atoms with Crippen LogP contribution in [0.25, 0.3) is 0 Å². The van der Waals surface area contributed by atoms with E-state index in [4.69, 9.17) is 0 Å². The van der Waals surface area contributed by atoms with Crippen LogP contribution in [0.4, 0.5) is 0 Å². The third-order valence-electron chi connectivity index (χ3n) is 5.05. The molecular formula is C22H40MgO3S. The molecule has 0 saturated carbocycles. The Morgan fingerprint density at radius 1 is 0.704 bits per heavy atom. The Balaban J connectivity index is 0.00000676. The molecule has 1 aromatic rings. The second-order valence-electron chi connectivity index (χ2n) is 7.43. The van der Waals surface area contributed by atoms with E-state index in [1.807, 2.05) is 6.07 Å². The number of hydrogen-bond acceptors (Lipinski definition) is 2. The summed E-state index contributed by atoms with van der Waals surface area (Å²) in [6.07, 6.45) is 19.1. The summed E-state index contributed by atoms with van der Waals surface area (Å²) < 4.78 is 32.0. The summed E-state index contributed by atoms with van der Waals surface area (Å²) >= 11 is 0. The summed E-state index contributed by atoms with van der Waals surface area (Å²) in [7, 11) is -4.10. The van der Waals surface area contributed by atoms with Gasteiger partial charge in [0.2, 0.25) is 0 Å². The number of rotatable bonds is 16. The lowest BCUT2D eigenvalue weighted by Gasteiger charge is -2.07. The molecule has 1 aromatic carbocycles. The molecule has 0 aliphatic rings. The van der Waals surface area contributed by atoms with Gasteiger partial charge in [-0.05, 0) is 24.5 Å². The smallest absolute Gasteiger partial charge is 0.282 e. The van der Waals surface area contributed by atoms with Crippen molar-refractivity contribution in [1.82, 2.24) is 0 Å². The van der Waals surface area contributed by atoms with E-state index >= 15 is 0 Å². The Morgan fingerprint density at radius 2 is 1.11 bits per heavy atom. The SMILES string of the molecule is CCCCCCCCCCCCCCCCc1ccccc1S(=O)(=O)O.[MgH2]. The normalized spacial score (nSPS) is 11.3. The first-order valence-electron chi connectivity index (χ1n) is 10.6. The predicted molar refractivity (Wildman–Crippen MR) is 119 cm³/mol. The number of unbranched alkanes of at least 4 members (excludes halogenated alkanes) is 13. The van der Waals surface area contributed by atoms with Crippen LogP contribution in [0.1, 0.15) is 102 Å². The van der Waals surface area contributed by atoms with Crippen LogP contribution in [0.2, 0.25) is 0 Å². The van der Waals surface area contributed by atoms with Gasteiger partial charge in [0.25, 0.3) is 10.1 Å². The van der Waals surface area contributed by atoms with Crippen molar-refractivity contribution in [3.63, 3.8) is 0 Å². The van der Waals surface area contributed by atoms with Gasteiger partial charge in [-0.3, -0.25) is 4.55 Å². The number of aryl methyl sites for hydroxylation is 1. The Kier molecular flexibility index (Phi) is 16.8. The first-order chi connectivity index (χ1) is 12.6. The van der Waals surface area contributed by atoms with Gasteiger partial charge in [0.05, 0.1) is 4.90 Å². The van der Waals surface area contributed by atoms with E-state index in [-0.39, 0.29) is 27.9 Å². The summed E-state index contributed by atoms with van der Waals surface area (Å²) in [6.45, 7) is 2.26. The van der Waals surface area contributed by atoms with Gasteiger partial charge in [-0.15, -0.1) is 0 Å². The maximum atomic E-state index is 11.4. The second-order valence-corrected chi connectivity index (χ2v) is 8.82. The topological polar surface area (TPSA) is 54.4 Å². The summed E-state index contributed by atoms with van der Waals surface area (Å²) in [5, 5.41) is 0. The zero-order chi connectivity index (χ0) is 19.1. The second kappa shape index (κ2) is 16.8. The molecule has 0 aliphatic carbocycles. The van der Waals surface area contributed by atoms with Crippen molar-refractivity contribution in [1.29, 1.82) is 0 Å². The highest BCUT2D eigenvalue weighted by Crippen LogP contribution is 2.18. The van der Waals surface area contributed by atoms with Crippen molar-refractivity contribution in [2.75, 3.05) is 0 Å². The van der Waals surface area contributed by atoms with Crippen LogP contribution in [-0.4, -0.2) is 36.0 Å². The third-order valence-corrected chi connectivity index (χ3v) is 6.00. The molecule has 0 radical (unpaired) electrons. The van der Waals surface area contributed by atoms with Crippen molar-refractivity contribution in [3.8, 4) is 0 Å². The zero-order valence-electron chi connectivity index (χ0n) is 16.6. The molecule has 0 amide bonds. The van der Waals surface area contributed by atoms with Gasteiger partial charge in [0, 0.05) is 0 Å². The van der Waals surface area contributed by atoms with Crippen LogP contribution in [0, 0.1) is 0 Å². The Morgan fingerprint density at radius 3 is 1.56 bits per heavy atom. The van der Waals surface area contributed by atoms with Crippen LogP contribution in [-0.2, 0) is 16.5 Å². The molecule has 154 valence electrons. The highest BCUT2D eigenvalue weighted by molar-refractivity contribution is 7.85. The molecule has 0 aromatic heterocycles. The van der Waals surface area contributed by atoms with Gasteiger partial charge in [-0.1, -0.05) is 109 Å². The van der Waals surface area contributed by atoms with E-state index in [1.165, 1.54) is 83.1 Å². The average Bonchev–Trinajstić information content (AvgIpc) is 2.61. The highest BCUT2D eigenvalue weighted by atomic mass is 32.2. The summed E-state index contributed by atoms with van der Waals surface area (Å²) in [5.74, 6) is 0. The number of benzene rings is 1. The minimum atomic E-state index is -4.10. The molecule has 3 nitrogen and oxygen atoms in total. The molecule has 1 N–H and O–H groups in total. The molecule has 0 heterocycles. The molecule has 0 saturated heterocycles. The van der Waals surface area contributed by atoms with Crippen molar-refractivity contribution < 1.29 is 13.0 Å². The van der Waals surface area contributed by atoms with Gasteiger partial charge in [0.1, 0.15) is 0 Å². The molecule has 5 heteroatoms. The van der Waals surface area contributed by atoms with E-state index < -0.39 is 10.1 Å². The molecule has 0 unspecified atom stereocenters. The van der Waals surface area contributed by atoms with Gasteiger partial charge in [-0.25, -0.2) is 0 Å². The summed E-state index contributed by atoms with van der Waals surface area (Å²) in [6, 6.07) is 6.76. The van der Waals surface area contributed by atoms with Gasteiger partial charge < -0.3 is 0 Å². The molecule has 0 spiro atoms. The van der Waals surface area contributed by atoms with Gasteiger partial charge in [0.15, 0.2) is 0 Å². The molecule has 0 atom stereocenters. The van der Waals surface area contributed by atoms with E-state index in [2.05, 4.69) is 6.92 Å². The lowest BCUT2D eigenvalue weighted by molar-refractivity contribution is 0.481. The Labute approximate surface area is 183 Å². The first-order valence-corrected chi connectivity index (χ1v) is 12.0. The first kappa shape index (κ1) is 26.9. The fourth-order valence-corrected chi connectivity index (χ4v) is 4.22. The van der Waals surface area contributed by atoms with Crippen molar-refractivity contribution in [3.05, 3.63) is 29.8 Å². The molecule has 0 bridgehead atoms. The standard InChI is InChI=1S/C22H38O3S.Mg.2H/c1-2-3-4-5-6-7-8-9-10-11-12-13-14-15-18-21-19-16-17-20-22(21)26(23,24)25;;;/h16-17,19-20H,2-15,18H2,1H3,(H,23,24,25);;;. The monoisotopic (exact) mass is 408 g/mol. The van der Waals surface area contributed by atoms with E-state index in [0.717, 1.165) is 18.4 Å². The average molecular weight is 409 g/mol. The van der Waals surface area contributed by atoms with E-state index in [9.17, 15) is 13.0 Å². The van der Waals surface area contributed by atoms with Crippen molar-refractivity contribution in [2.24, 2.45) is 0 Å². The quantitative estimate of drug-likeness (QED) is 0.206.